The minimum atomic E-state index is -0.628. The van der Waals surface area contributed by atoms with Gasteiger partial charge in [-0.2, -0.15) is 0 Å². The van der Waals surface area contributed by atoms with Crippen LogP contribution in [0.4, 0.5) is 11.5 Å². The number of anilines is 2. The Balaban J connectivity index is 1.85. The van der Waals surface area contributed by atoms with Crippen LogP contribution >= 0.6 is 11.6 Å². The third kappa shape index (κ3) is 2.04. The van der Waals surface area contributed by atoms with Crippen molar-refractivity contribution in [2.75, 3.05) is 10.6 Å². The van der Waals surface area contributed by atoms with Gasteiger partial charge in [-0.15, -0.1) is 0 Å². The standard InChI is InChI=1S/C17H14ClN3O2/c1-17(2)11-4-8(5-12(18)14(11)21-16(17)23)10-3-9-6-13(22)20-15(9)19-7-10/h3-5,7H,6H2,1-2H3,(H,21,23)(H,19,20,22). The Labute approximate surface area is 138 Å². The molecule has 2 amide bonds. The summed E-state index contributed by atoms with van der Waals surface area (Å²) in [6.07, 6.45) is 2.04. The molecule has 116 valence electrons. The summed E-state index contributed by atoms with van der Waals surface area (Å²) in [4.78, 5) is 27.9. The van der Waals surface area contributed by atoms with E-state index in [9.17, 15) is 9.59 Å². The van der Waals surface area contributed by atoms with Gasteiger partial charge in [0.15, 0.2) is 0 Å². The van der Waals surface area contributed by atoms with Gasteiger partial charge in [-0.05, 0) is 43.2 Å². The van der Waals surface area contributed by atoms with Crippen LogP contribution in [-0.4, -0.2) is 16.8 Å². The molecular formula is C17H14ClN3O2. The van der Waals surface area contributed by atoms with Crippen LogP contribution in [0.2, 0.25) is 5.02 Å². The topological polar surface area (TPSA) is 71.1 Å². The molecule has 0 saturated carbocycles. The van der Waals surface area contributed by atoms with Crippen LogP contribution in [0.3, 0.4) is 0 Å². The number of fused-ring (bicyclic) bond motifs is 2. The van der Waals surface area contributed by atoms with Crippen molar-refractivity contribution in [2.45, 2.75) is 25.7 Å². The van der Waals surface area contributed by atoms with Gasteiger partial charge in [0.05, 0.1) is 22.5 Å². The molecule has 0 atom stereocenters. The van der Waals surface area contributed by atoms with Gasteiger partial charge in [-0.1, -0.05) is 11.6 Å². The first kappa shape index (κ1) is 14.2. The molecule has 0 radical (unpaired) electrons. The molecule has 0 fully saturated rings. The monoisotopic (exact) mass is 327 g/mol. The maximum absolute atomic E-state index is 12.1. The molecular weight excluding hydrogens is 314 g/mol. The second-order valence-corrected chi connectivity index (χ2v) is 6.82. The molecule has 2 aromatic rings. The summed E-state index contributed by atoms with van der Waals surface area (Å²) in [5, 5.41) is 6.06. The van der Waals surface area contributed by atoms with Crippen LogP contribution in [0.25, 0.3) is 11.1 Å². The normalized spacial score (nSPS) is 17.5. The molecule has 4 rings (SSSR count). The van der Waals surface area contributed by atoms with E-state index in [4.69, 9.17) is 11.6 Å². The van der Waals surface area contributed by atoms with Crippen molar-refractivity contribution >= 4 is 34.9 Å². The Morgan fingerprint density at radius 1 is 1.13 bits per heavy atom. The molecule has 6 heteroatoms. The summed E-state index contributed by atoms with van der Waals surface area (Å²) in [6, 6.07) is 5.72. The van der Waals surface area contributed by atoms with Crippen LogP contribution in [-0.2, 0) is 21.4 Å². The number of benzene rings is 1. The molecule has 23 heavy (non-hydrogen) atoms. The molecule has 0 unspecified atom stereocenters. The summed E-state index contributed by atoms with van der Waals surface area (Å²) in [5.74, 6) is 0.504. The zero-order valence-corrected chi connectivity index (χ0v) is 13.4. The molecule has 5 nitrogen and oxygen atoms in total. The number of amides is 2. The van der Waals surface area contributed by atoms with Crippen LogP contribution in [0, 0.1) is 0 Å². The molecule has 2 aliphatic rings. The van der Waals surface area contributed by atoms with Crippen LogP contribution in [0.1, 0.15) is 25.0 Å². The number of carbonyl (C=O) groups excluding carboxylic acids is 2. The van der Waals surface area contributed by atoms with Crippen molar-refractivity contribution in [2.24, 2.45) is 0 Å². The van der Waals surface area contributed by atoms with Crippen molar-refractivity contribution < 1.29 is 9.59 Å². The van der Waals surface area contributed by atoms with E-state index in [1.165, 1.54) is 0 Å². The first-order valence-corrected chi connectivity index (χ1v) is 7.68. The Bertz CT molecular complexity index is 890. The third-order valence-electron chi connectivity index (χ3n) is 4.48. The minimum Gasteiger partial charge on any atom is -0.324 e. The van der Waals surface area contributed by atoms with E-state index >= 15 is 0 Å². The smallest absolute Gasteiger partial charge is 0.234 e. The van der Waals surface area contributed by atoms with E-state index in [0.29, 0.717) is 22.9 Å². The first-order chi connectivity index (χ1) is 10.9. The molecule has 0 saturated heterocycles. The number of nitrogens with one attached hydrogen (secondary N) is 2. The van der Waals surface area contributed by atoms with Crippen LogP contribution in [0.15, 0.2) is 24.4 Å². The minimum absolute atomic E-state index is 0.0486. The number of aromatic nitrogens is 1. The SMILES string of the molecule is CC1(C)C(=O)Nc2c(Cl)cc(-c3cnc4c(c3)CC(=O)N4)cc21. The number of nitrogens with zero attached hydrogens (tertiary/aromatic N) is 1. The van der Waals surface area contributed by atoms with Crippen molar-refractivity contribution in [1.29, 1.82) is 0 Å². The Kier molecular flexibility index (Phi) is 2.81. The second-order valence-electron chi connectivity index (χ2n) is 6.42. The van der Waals surface area contributed by atoms with Crippen molar-refractivity contribution in [3.63, 3.8) is 0 Å². The predicted molar refractivity (Wildman–Crippen MR) is 88.7 cm³/mol. The van der Waals surface area contributed by atoms with Gasteiger partial charge in [-0.25, -0.2) is 4.98 Å². The lowest BCUT2D eigenvalue weighted by atomic mass is 9.85. The molecule has 2 aliphatic heterocycles. The average molecular weight is 328 g/mol. The Morgan fingerprint density at radius 3 is 2.70 bits per heavy atom. The Morgan fingerprint density at radius 2 is 1.91 bits per heavy atom. The second kappa shape index (κ2) is 4.55. The highest BCUT2D eigenvalue weighted by Crippen LogP contribution is 2.44. The van der Waals surface area contributed by atoms with E-state index in [1.54, 1.807) is 6.20 Å². The molecule has 0 bridgehead atoms. The predicted octanol–water partition coefficient (Wildman–Crippen LogP) is 3.13. The highest BCUT2D eigenvalue weighted by Gasteiger charge is 2.39. The van der Waals surface area contributed by atoms with Crippen molar-refractivity contribution in [3.05, 3.63) is 40.5 Å². The van der Waals surface area contributed by atoms with Gasteiger partial charge in [0, 0.05) is 17.3 Å². The Hall–Kier alpha value is -2.40. The fourth-order valence-corrected chi connectivity index (χ4v) is 3.32. The number of pyridine rings is 1. The van der Waals surface area contributed by atoms with E-state index < -0.39 is 5.41 Å². The zero-order chi connectivity index (χ0) is 16.4. The van der Waals surface area contributed by atoms with Gasteiger partial charge < -0.3 is 10.6 Å². The molecule has 2 N–H and O–H groups in total. The molecule has 0 aliphatic carbocycles. The number of hydrogen-bond acceptors (Lipinski definition) is 3. The third-order valence-corrected chi connectivity index (χ3v) is 4.78. The highest BCUT2D eigenvalue weighted by atomic mass is 35.5. The van der Waals surface area contributed by atoms with Crippen molar-refractivity contribution in [1.82, 2.24) is 4.98 Å². The zero-order valence-electron chi connectivity index (χ0n) is 12.7. The fraction of sp³-hybridized carbons (Fsp3) is 0.235. The lowest BCUT2D eigenvalue weighted by Gasteiger charge is -2.16. The average Bonchev–Trinajstić information content (AvgIpc) is 2.97. The summed E-state index contributed by atoms with van der Waals surface area (Å²) in [5.41, 5.74) is 3.55. The number of rotatable bonds is 1. The van der Waals surface area contributed by atoms with Crippen LogP contribution < -0.4 is 10.6 Å². The molecule has 3 heterocycles. The molecule has 1 aromatic heterocycles. The molecule has 0 spiro atoms. The molecule has 1 aromatic carbocycles. The maximum atomic E-state index is 12.1. The van der Waals surface area contributed by atoms with Crippen molar-refractivity contribution in [3.8, 4) is 11.1 Å². The van der Waals surface area contributed by atoms with E-state index in [0.717, 1.165) is 22.3 Å². The van der Waals surface area contributed by atoms with Gasteiger partial charge >= 0.3 is 0 Å². The maximum Gasteiger partial charge on any atom is 0.234 e. The quantitative estimate of drug-likeness (QED) is 0.845. The first-order valence-electron chi connectivity index (χ1n) is 7.31. The summed E-state index contributed by atoms with van der Waals surface area (Å²) < 4.78 is 0. The summed E-state index contributed by atoms with van der Waals surface area (Å²) in [7, 11) is 0. The van der Waals surface area contributed by atoms with E-state index in [1.807, 2.05) is 32.0 Å². The van der Waals surface area contributed by atoms with Gasteiger partial charge in [0.1, 0.15) is 5.82 Å². The number of hydrogen-bond donors (Lipinski definition) is 2. The largest absolute Gasteiger partial charge is 0.324 e. The number of carbonyl (C=O) groups is 2. The number of halogens is 1. The van der Waals surface area contributed by atoms with Gasteiger partial charge in [-0.3, -0.25) is 9.59 Å². The lowest BCUT2D eigenvalue weighted by molar-refractivity contribution is -0.119. The lowest BCUT2D eigenvalue weighted by Crippen LogP contribution is -2.26. The van der Waals surface area contributed by atoms with Gasteiger partial charge in [0.2, 0.25) is 11.8 Å². The summed E-state index contributed by atoms with van der Waals surface area (Å²) in [6.45, 7) is 3.75. The fourth-order valence-electron chi connectivity index (χ4n) is 3.05. The summed E-state index contributed by atoms with van der Waals surface area (Å²) >= 11 is 6.36. The van der Waals surface area contributed by atoms with E-state index in [-0.39, 0.29) is 11.8 Å². The van der Waals surface area contributed by atoms with Crippen LogP contribution in [0.5, 0.6) is 0 Å². The van der Waals surface area contributed by atoms with E-state index in [2.05, 4.69) is 15.6 Å². The highest BCUT2D eigenvalue weighted by molar-refractivity contribution is 6.35. The van der Waals surface area contributed by atoms with Gasteiger partial charge in [0.25, 0.3) is 0 Å².